The molecule has 0 aromatic carbocycles. The first-order valence-electron chi connectivity index (χ1n) is 5.88. The standard InChI is InChI=1S/C11H22N2O3/c1-3-13(8-11(2,16)10(14)15)9-4-6-12-7-5-9/h9,12,16H,3-8H2,1-2H3,(H,14,15). The van der Waals surface area contributed by atoms with Gasteiger partial charge in [0.2, 0.25) is 0 Å². The molecule has 0 spiro atoms. The molecule has 0 amide bonds. The number of carbonyl (C=O) groups is 1. The predicted octanol–water partition coefficient (Wildman–Crippen LogP) is -0.104. The minimum Gasteiger partial charge on any atom is -0.479 e. The van der Waals surface area contributed by atoms with E-state index in [0.717, 1.165) is 32.5 Å². The van der Waals surface area contributed by atoms with Gasteiger partial charge in [0.25, 0.3) is 0 Å². The summed E-state index contributed by atoms with van der Waals surface area (Å²) in [5.41, 5.74) is -1.65. The van der Waals surface area contributed by atoms with Crippen molar-refractivity contribution in [3.8, 4) is 0 Å². The first-order chi connectivity index (χ1) is 7.47. The van der Waals surface area contributed by atoms with Crippen LogP contribution in [0.25, 0.3) is 0 Å². The van der Waals surface area contributed by atoms with Crippen molar-refractivity contribution in [2.75, 3.05) is 26.2 Å². The molecule has 5 heteroatoms. The van der Waals surface area contributed by atoms with E-state index < -0.39 is 11.6 Å². The Morgan fingerprint density at radius 3 is 2.50 bits per heavy atom. The number of carboxylic acid groups (broad SMARTS) is 1. The maximum absolute atomic E-state index is 10.9. The van der Waals surface area contributed by atoms with Gasteiger partial charge >= 0.3 is 5.97 Å². The lowest BCUT2D eigenvalue weighted by atomic mass is 10.0. The predicted molar refractivity (Wildman–Crippen MR) is 61.4 cm³/mol. The molecule has 1 atom stereocenters. The van der Waals surface area contributed by atoms with E-state index in [4.69, 9.17) is 5.11 Å². The zero-order valence-corrected chi connectivity index (χ0v) is 10.1. The summed E-state index contributed by atoms with van der Waals surface area (Å²) >= 11 is 0. The van der Waals surface area contributed by atoms with Crippen LogP contribution in [0, 0.1) is 0 Å². The molecular formula is C11H22N2O3. The Morgan fingerprint density at radius 2 is 2.06 bits per heavy atom. The molecule has 1 rings (SSSR count). The van der Waals surface area contributed by atoms with Crippen molar-refractivity contribution in [1.29, 1.82) is 0 Å². The zero-order chi connectivity index (χ0) is 12.2. The van der Waals surface area contributed by atoms with Gasteiger partial charge in [-0.3, -0.25) is 4.90 Å². The summed E-state index contributed by atoms with van der Waals surface area (Å²) < 4.78 is 0. The number of hydrogen-bond acceptors (Lipinski definition) is 4. The maximum Gasteiger partial charge on any atom is 0.336 e. The van der Waals surface area contributed by atoms with E-state index in [0.29, 0.717) is 6.04 Å². The van der Waals surface area contributed by atoms with Crippen LogP contribution in [0.15, 0.2) is 0 Å². The van der Waals surface area contributed by atoms with E-state index in [1.165, 1.54) is 6.92 Å². The van der Waals surface area contributed by atoms with Crippen LogP contribution in [-0.2, 0) is 4.79 Å². The van der Waals surface area contributed by atoms with Crippen LogP contribution in [0.4, 0.5) is 0 Å². The third kappa shape index (κ3) is 3.43. The Morgan fingerprint density at radius 1 is 1.50 bits per heavy atom. The van der Waals surface area contributed by atoms with Crippen LogP contribution >= 0.6 is 0 Å². The van der Waals surface area contributed by atoms with Crippen LogP contribution in [0.2, 0.25) is 0 Å². The Labute approximate surface area is 96.4 Å². The van der Waals surface area contributed by atoms with Gasteiger partial charge in [0.05, 0.1) is 0 Å². The second kappa shape index (κ2) is 5.61. The molecule has 0 saturated carbocycles. The van der Waals surface area contributed by atoms with Crippen molar-refractivity contribution in [3.05, 3.63) is 0 Å². The van der Waals surface area contributed by atoms with E-state index >= 15 is 0 Å². The van der Waals surface area contributed by atoms with Crippen molar-refractivity contribution in [3.63, 3.8) is 0 Å². The molecular weight excluding hydrogens is 208 g/mol. The number of likely N-dealkylation sites (N-methyl/N-ethyl adjacent to an activating group) is 1. The molecule has 5 nitrogen and oxygen atoms in total. The summed E-state index contributed by atoms with van der Waals surface area (Å²) in [6.45, 7) is 6.27. The number of nitrogens with zero attached hydrogens (tertiary/aromatic N) is 1. The molecule has 1 unspecified atom stereocenters. The van der Waals surface area contributed by atoms with Gasteiger partial charge in [-0.05, 0) is 39.4 Å². The van der Waals surface area contributed by atoms with Crippen molar-refractivity contribution in [2.24, 2.45) is 0 Å². The Balaban J connectivity index is 2.56. The fourth-order valence-electron chi connectivity index (χ4n) is 2.13. The van der Waals surface area contributed by atoms with Gasteiger partial charge in [0.15, 0.2) is 5.60 Å². The fraction of sp³-hybridized carbons (Fsp3) is 0.909. The van der Waals surface area contributed by atoms with Gasteiger partial charge in [-0.2, -0.15) is 0 Å². The topological polar surface area (TPSA) is 72.8 Å². The van der Waals surface area contributed by atoms with Crippen LogP contribution in [0.1, 0.15) is 26.7 Å². The van der Waals surface area contributed by atoms with Crippen molar-refractivity contribution in [1.82, 2.24) is 10.2 Å². The van der Waals surface area contributed by atoms with Crippen molar-refractivity contribution >= 4 is 5.97 Å². The van der Waals surface area contributed by atoms with E-state index in [2.05, 4.69) is 10.2 Å². The molecule has 0 aliphatic carbocycles. The first kappa shape index (κ1) is 13.4. The van der Waals surface area contributed by atoms with Crippen LogP contribution in [0.3, 0.4) is 0 Å². The zero-order valence-electron chi connectivity index (χ0n) is 10.1. The summed E-state index contributed by atoms with van der Waals surface area (Å²) in [4.78, 5) is 12.9. The number of carboxylic acids is 1. The highest BCUT2D eigenvalue weighted by atomic mass is 16.4. The molecule has 16 heavy (non-hydrogen) atoms. The molecule has 1 heterocycles. The average molecular weight is 230 g/mol. The molecule has 0 aromatic rings. The highest BCUT2D eigenvalue weighted by Gasteiger charge is 2.34. The molecule has 1 fully saturated rings. The van der Waals surface area contributed by atoms with Gasteiger partial charge in [0.1, 0.15) is 0 Å². The number of hydrogen-bond donors (Lipinski definition) is 3. The van der Waals surface area contributed by atoms with Crippen molar-refractivity contribution < 1.29 is 15.0 Å². The van der Waals surface area contributed by atoms with Crippen LogP contribution < -0.4 is 5.32 Å². The lowest BCUT2D eigenvalue weighted by molar-refractivity contribution is -0.159. The largest absolute Gasteiger partial charge is 0.479 e. The third-order valence-electron chi connectivity index (χ3n) is 3.20. The van der Waals surface area contributed by atoms with E-state index in [-0.39, 0.29) is 6.54 Å². The van der Waals surface area contributed by atoms with E-state index in [1.807, 2.05) is 6.92 Å². The summed E-state index contributed by atoms with van der Waals surface area (Å²) in [6.07, 6.45) is 2.03. The molecule has 1 aliphatic heterocycles. The highest BCUT2D eigenvalue weighted by molar-refractivity contribution is 5.76. The Kier molecular flexibility index (Phi) is 4.70. The summed E-state index contributed by atoms with van der Waals surface area (Å²) in [5.74, 6) is -1.15. The number of nitrogens with one attached hydrogen (secondary N) is 1. The molecule has 94 valence electrons. The van der Waals surface area contributed by atoms with E-state index in [1.54, 1.807) is 0 Å². The Bertz CT molecular complexity index is 237. The smallest absolute Gasteiger partial charge is 0.336 e. The minimum absolute atomic E-state index is 0.198. The third-order valence-corrected chi connectivity index (χ3v) is 3.20. The monoisotopic (exact) mass is 230 g/mol. The average Bonchev–Trinajstić information content (AvgIpc) is 2.27. The first-order valence-corrected chi connectivity index (χ1v) is 5.88. The number of piperidine rings is 1. The number of aliphatic hydroxyl groups is 1. The quantitative estimate of drug-likeness (QED) is 0.615. The molecule has 0 radical (unpaired) electrons. The fourth-order valence-corrected chi connectivity index (χ4v) is 2.13. The van der Waals surface area contributed by atoms with Crippen LogP contribution in [0.5, 0.6) is 0 Å². The van der Waals surface area contributed by atoms with Gasteiger partial charge in [-0.1, -0.05) is 6.92 Å². The lowest BCUT2D eigenvalue weighted by Gasteiger charge is -2.36. The van der Waals surface area contributed by atoms with Crippen LogP contribution in [-0.4, -0.2) is 58.9 Å². The highest BCUT2D eigenvalue weighted by Crippen LogP contribution is 2.15. The Hall–Kier alpha value is -0.650. The molecule has 0 aromatic heterocycles. The van der Waals surface area contributed by atoms with Gasteiger partial charge in [-0.25, -0.2) is 4.79 Å². The van der Waals surface area contributed by atoms with E-state index in [9.17, 15) is 9.90 Å². The number of rotatable bonds is 5. The molecule has 3 N–H and O–H groups in total. The van der Waals surface area contributed by atoms with Gasteiger partial charge < -0.3 is 15.5 Å². The van der Waals surface area contributed by atoms with Crippen molar-refractivity contribution in [2.45, 2.75) is 38.3 Å². The second-order valence-electron chi connectivity index (χ2n) is 4.62. The molecule has 1 aliphatic rings. The van der Waals surface area contributed by atoms with Gasteiger partial charge in [0, 0.05) is 12.6 Å². The summed E-state index contributed by atoms with van der Waals surface area (Å²) in [6, 6.07) is 0.386. The summed E-state index contributed by atoms with van der Waals surface area (Å²) in [7, 11) is 0. The molecule has 1 saturated heterocycles. The normalized spacial score (nSPS) is 22.0. The lowest BCUT2D eigenvalue weighted by Crippen LogP contribution is -2.52. The minimum atomic E-state index is -1.65. The maximum atomic E-state index is 10.9. The SMILES string of the molecule is CCN(CC(C)(O)C(=O)O)C1CCNCC1. The second-order valence-corrected chi connectivity index (χ2v) is 4.62. The number of aliphatic carboxylic acids is 1. The molecule has 0 bridgehead atoms. The van der Waals surface area contributed by atoms with Gasteiger partial charge in [-0.15, -0.1) is 0 Å². The summed E-state index contributed by atoms with van der Waals surface area (Å²) in [5, 5.41) is 21.9.